The summed E-state index contributed by atoms with van der Waals surface area (Å²) in [6, 6.07) is 3.44. The molecular weight excluding hydrogens is 602 g/mol. The van der Waals surface area contributed by atoms with Crippen LogP contribution in [0.25, 0.3) is 0 Å². The highest BCUT2D eigenvalue weighted by Gasteiger charge is 2.29. The van der Waals surface area contributed by atoms with Crippen molar-refractivity contribution in [3.8, 4) is 0 Å². The lowest BCUT2D eigenvalue weighted by atomic mass is 9.97. The van der Waals surface area contributed by atoms with Gasteiger partial charge in [0.1, 0.15) is 18.7 Å². The summed E-state index contributed by atoms with van der Waals surface area (Å²) >= 11 is 0. The third kappa shape index (κ3) is 12.4. The molecule has 0 saturated heterocycles. The monoisotopic (exact) mass is 643 g/mol. The Labute approximate surface area is 266 Å². The summed E-state index contributed by atoms with van der Waals surface area (Å²) in [5.41, 5.74) is 5.69. The van der Waals surface area contributed by atoms with Crippen molar-refractivity contribution in [3.63, 3.8) is 0 Å². The molecule has 0 fully saturated rings. The summed E-state index contributed by atoms with van der Waals surface area (Å²) in [6.45, 7) is 5.18. The van der Waals surface area contributed by atoms with E-state index in [4.69, 9.17) is 10.5 Å². The normalized spacial score (nSPS) is 13.8. The van der Waals surface area contributed by atoms with Gasteiger partial charge in [-0.1, -0.05) is 12.1 Å². The van der Waals surface area contributed by atoms with Crippen molar-refractivity contribution < 1.29 is 43.1 Å². The predicted octanol–water partition coefficient (Wildman–Crippen LogP) is -0.416. The van der Waals surface area contributed by atoms with Gasteiger partial charge in [0.2, 0.25) is 23.6 Å². The molecule has 0 aliphatic carbocycles. The van der Waals surface area contributed by atoms with E-state index in [2.05, 4.69) is 26.6 Å². The predicted molar refractivity (Wildman–Crippen MR) is 164 cm³/mol. The summed E-state index contributed by atoms with van der Waals surface area (Å²) in [6.07, 6.45) is 1.53. The number of esters is 1. The highest BCUT2D eigenvalue weighted by atomic mass is 16.5. The van der Waals surface area contributed by atoms with E-state index in [-0.39, 0.29) is 44.9 Å². The molecule has 2 atom stereocenters. The highest BCUT2D eigenvalue weighted by Crippen LogP contribution is 2.18. The first-order chi connectivity index (χ1) is 21.6. The van der Waals surface area contributed by atoms with E-state index in [1.165, 1.54) is 7.05 Å². The van der Waals surface area contributed by atoms with E-state index in [1.54, 1.807) is 45.0 Å². The molecule has 1 heterocycles. The van der Waals surface area contributed by atoms with Crippen LogP contribution in [0.1, 0.15) is 52.0 Å². The zero-order valence-corrected chi connectivity index (χ0v) is 26.3. The molecule has 250 valence electrons. The Hall–Kier alpha value is -5.28. The molecule has 0 aromatic heterocycles. The minimum absolute atomic E-state index is 0.0376. The Bertz CT molecular complexity index is 1340. The summed E-state index contributed by atoms with van der Waals surface area (Å²) in [5.74, 6) is -4.67. The molecule has 8 amide bonds. The van der Waals surface area contributed by atoms with Gasteiger partial charge >= 0.3 is 12.0 Å². The van der Waals surface area contributed by atoms with Gasteiger partial charge in [-0.05, 0) is 51.3 Å². The lowest BCUT2D eigenvalue weighted by Crippen LogP contribution is -2.54. The van der Waals surface area contributed by atoms with Crippen LogP contribution in [0.5, 0.6) is 0 Å². The van der Waals surface area contributed by atoms with Crippen LogP contribution in [0.3, 0.4) is 0 Å². The second-order valence-electron chi connectivity index (χ2n) is 11.4. The van der Waals surface area contributed by atoms with Gasteiger partial charge in [0.05, 0.1) is 11.8 Å². The Balaban J connectivity index is 2.09. The minimum Gasteiger partial charge on any atom is -0.460 e. The van der Waals surface area contributed by atoms with Crippen molar-refractivity contribution in [3.05, 3.63) is 42.0 Å². The number of anilines is 1. The molecule has 16 nitrogen and oxygen atoms in total. The molecule has 1 aliphatic rings. The summed E-state index contributed by atoms with van der Waals surface area (Å²) < 4.78 is 5.30. The van der Waals surface area contributed by atoms with Gasteiger partial charge in [-0.25, -0.2) is 4.79 Å². The van der Waals surface area contributed by atoms with Gasteiger partial charge in [-0.3, -0.25) is 38.5 Å². The molecule has 0 spiro atoms. The van der Waals surface area contributed by atoms with E-state index in [9.17, 15) is 38.4 Å². The topological polar surface area (TPSA) is 235 Å². The number of hydrogen-bond donors (Lipinski definition) is 6. The number of nitrogens with one attached hydrogen (secondary N) is 5. The van der Waals surface area contributed by atoms with E-state index in [0.717, 1.165) is 17.1 Å². The van der Waals surface area contributed by atoms with Crippen LogP contribution < -0.4 is 32.3 Å². The van der Waals surface area contributed by atoms with Crippen LogP contribution in [0, 0.1) is 5.41 Å². The number of nitrogens with two attached hydrogens (primary N) is 1. The van der Waals surface area contributed by atoms with E-state index < -0.39 is 65.4 Å². The van der Waals surface area contributed by atoms with Crippen LogP contribution in [0.2, 0.25) is 0 Å². The molecule has 0 bridgehead atoms. The van der Waals surface area contributed by atoms with Crippen molar-refractivity contribution in [2.45, 2.75) is 65.1 Å². The number of carbonyl (C=O) groups excluding carboxylic acids is 8. The average molecular weight is 644 g/mol. The van der Waals surface area contributed by atoms with Crippen LogP contribution >= 0.6 is 0 Å². The quantitative estimate of drug-likeness (QED) is 0.0779. The van der Waals surface area contributed by atoms with Gasteiger partial charge < -0.3 is 37.1 Å². The Morgan fingerprint density at radius 3 is 2.11 bits per heavy atom. The first-order valence-electron chi connectivity index (χ1n) is 14.5. The molecule has 0 saturated carbocycles. The maximum atomic E-state index is 13.3. The first-order valence-corrected chi connectivity index (χ1v) is 14.5. The van der Waals surface area contributed by atoms with Crippen molar-refractivity contribution in [1.82, 2.24) is 26.2 Å². The number of imide groups is 1. The smallest absolute Gasteiger partial charge is 0.314 e. The third-order valence-corrected chi connectivity index (χ3v) is 6.54. The molecule has 0 radical (unpaired) electrons. The van der Waals surface area contributed by atoms with Gasteiger partial charge in [0.15, 0.2) is 0 Å². The van der Waals surface area contributed by atoms with Gasteiger partial charge in [-0.2, -0.15) is 0 Å². The average Bonchev–Trinajstić information content (AvgIpc) is 3.31. The maximum Gasteiger partial charge on any atom is 0.314 e. The number of amides is 8. The fourth-order valence-electron chi connectivity index (χ4n) is 3.96. The van der Waals surface area contributed by atoms with E-state index in [1.807, 2.05) is 0 Å². The van der Waals surface area contributed by atoms with Crippen LogP contribution in [-0.2, 0) is 44.9 Å². The number of urea groups is 1. The number of benzene rings is 1. The molecule has 0 unspecified atom stereocenters. The van der Waals surface area contributed by atoms with Gasteiger partial charge in [0, 0.05) is 44.4 Å². The molecule has 46 heavy (non-hydrogen) atoms. The highest BCUT2D eigenvalue weighted by molar-refractivity contribution is 6.13. The van der Waals surface area contributed by atoms with Crippen molar-refractivity contribution in [2.75, 3.05) is 25.5 Å². The largest absolute Gasteiger partial charge is 0.460 e. The number of rotatable bonds is 16. The molecule has 16 heteroatoms. The molecule has 1 aliphatic heterocycles. The third-order valence-electron chi connectivity index (χ3n) is 6.54. The maximum absolute atomic E-state index is 13.3. The Kier molecular flexibility index (Phi) is 13.9. The van der Waals surface area contributed by atoms with Crippen molar-refractivity contribution >= 4 is 53.1 Å². The van der Waals surface area contributed by atoms with Gasteiger partial charge in [-0.15, -0.1) is 0 Å². The van der Waals surface area contributed by atoms with Gasteiger partial charge in [0.25, 0.3) is 11.8 Å². The zero-order chi connectivity index (χ0) is 34.4. The van der Waals surface area contributed by atoms with Crippen molar-refractivity contribution in [1.29, 1.82) is 0 Å². The number of nitrogens with zero attached hydrogens (tertiary/aromatic N) is 1. The Morgan fingerprint density at radius 1 is 0.913 bits per heavy atom. The Morgan fingerprint density at radius 2 is 1.54 bits per heavy atom. The van der Waals surface area contributed by atoms with Crippen LogP contribution in [-0.4, -0.2) is 84.6 Å². The zero-order valence-electron chi connectivity index (χ0n) is 26.3. The SMILES string of the molecule is CNC(=O)NCCC[C@H](NC(=O)[C@H](CC(N)=O)NC(=O)CCN1C(=O)C=CC1=O)C(=O)Nc1ccc(COC(=O)C(C)(C)C)cc1. The fourth-order valence-corrected chi connectivity index (χ4v) is 3.96. The van der Waals surface area contributed by atoms with Crippen LogP contribution in [0.15, 0.2) is 36.4 Å². The van der Waals surface area contributed by atoms with Crippen molar-refractivity contribution in [2.24, 2.45) is 11.1 Å². The summed E-state index contributed by atoms with van der Waals surface area (Å²) in [5, 5.41) is 12.6. The standard InChI is InChI=1S/C30H41N7O9/c1-30(2,3)28(44)46-17-18-7-9-19(10-8-18)34-26(42)20(6-5-14-33-29(45)32-4)36-27(43)21(16-22(31)38)35-23(39)13-15-37-24(40)11-12-25(37)41/h7-12,20-21H,5-6,13-17H2,1-4H3,(H2,31,38)(H,34,42)(H,35,39)(H,36,43)(H2,32,33,45)/t20-,21-/m0/s1. The van der Waals surface area contributed by atoms with Crippen LogP contribution in [0.4, 0.5) is 10.5 Å². The summed E-state index contributed by atoms with van der Waals surface area (Å²) in [7, 11) is 1.44. The molecule has 2 rings (SSSR count). The molecule has 7 N–H and O–H groups in total. The second kappa shape index (κ2) is 17.3. The number of carbonyl (C=O) groups is 8. The first kappa shape index (κ1) is 36.9. The number of primary amides is 1. The lowest BCUT2D eigenvalue weighted by Gasteiger charge is -2.23. The number of ether oxygens (including phenoxy) is 1. The van der Waals surface area contributed by atoms with E-state index in [0.29, 0.717) is 11.3 Å². The minimum atomic E-state index is -1.46. The molecule has 1 aromatic rings. The lowest BCUT2D eigenvalue weighted by molar-refractivity contribution is -0.154. The molecule has 1 aromatic carbocycles. The number of hydrogen-bond acceptors (Lipinski definition) is 9. The fraction of sp³-hybridized carbons (Fsp3) is 0.467. The second-order valence-corrected chi connectivity index (χ2v) is 11.4. The molecular formula is C30H41N7O9. The van der Waals surface area contributed by atoms with E-state index >= 15 is 0 Å². The summed E-state index contributed by atoms with van der Waals surface area (Å²) in [4.78, 5) is 98.6.